The summed E-state index contributed by atoms with van der Waals surface area (Å²) in [5.41, 5.74) is 4.16. The number of carbonyl (C=O) groups is 1. The van der Waals surface area contributed by atoms with E-state index in [0.29, 0.717) is 24.4 Å². The summed E-state index contributed by atoms with van der Waals surface area (Å²) < 4.78 is 10.8. The molecule has 1 saturated heterocycles. The maximum atomic E-state index is 13.1. The monoisotopic (exact) mass is 434 g/mol. The van der Waals surface area contributed by atoms with Gasteiger partial charge in [-0.05, 0) is 60.4 Å². The van der Waals surface area contributed by atoms with Gasteiger partial charge in [-0.15, -0.1) is 0 Å². The van der Waals surface area contributed by atoms with Crippen LogP contribution in [0.1, 0.15) is 23.1 Å². The number of hydrogen-bond donors (Lipinski definition) is 0. The van der Waals surface area contributed by atoms with Crippen LogP contribution in [0.5, 0.6) is 11.5 Å². The summed E-state index contributed by atoms with van der Waals surface area (Å²) in [6.07, 6.45) is 1.83. The van der Waals surface area contributed by atoms with Crippen molar-refractivity contribution in [1.82, 2.24) is 9.80 Å². The third-order valence-corrected chi connectivity index (χ3v) is 6.38. The van der Waals surface area contributed by atoms with Crippen molar-refractivity contribution >= 4 is 11.6 Å². The van der Waals surface area contributed by atoms with Crippen LogP contribution in [0.3, 0.4) is 0 Å². The number of nitriles is 1. The zero-order valence-electron chi connectivity index (χ0n) is 18.8. The normalized spacial score (nSPS) is 16.7. The highest BCUT2D eigenvalue weighted by atomic mass is 16.5. The van der Waals surface area contributed by atoms with Crippen molar-refractivity contribution < 1.29 is 14.3 Å². The zero-order chi connectivity index (χ0) is 22.5. The fourth-order valence-corrected chi connectivity index (χ4v) is 4.52. The number of anilines is 1. The van der Waals surface area contributed by atoms with Gasteiger partial charge in [-0.2, -0.15) is 5.26 Å². The average molecular weight is 435 g/mol. The fraction of sp³-hybridized carbons (Fsp3) is 0.440. The first-order valence-corrected chi connectivity index (χ1v) is 11.1. The average Bonchev–Trinajstić information content (AvgIpc) is 3.08. The van der Waals surface area contributed by atoms with E-state index in [-0.39, 0.29) is 5.91 Å². The molecule has 2 aromatic rings. The number of rotatable bonds is 5. The smallest absolute Gasteiger partial charge is 0.237 e. The summed E-state index contributed by atoms with van der Waals surface area (Å²) in [6.45, 7) is 5.37. The lowest BCUT2D eigenvalue weighted by Crippen LogP contribution is -2.43. The number of hydrogen-bond acceptors (Lipinski definition) is 6. The molecule has 0 saturated carbocycles. The van der Waals surface area contributed by atoms with Gasteiger partial charge in [0.1, 0.15) is 0 Å². The molecule has 2 heterocycles. The van der Waals surface area contributed by atoms with E-state index in [0.717, 1.165) is 62.6 Å². The second-order valence-electron chi connectivity index (χ2n) is 8.32. The van der Waals surface area contributed by atoms with E-state index >= 15 is 0 Å². The molecule has 4 rings (SSSR count). The van der Waals surface area contributed by atoms with E-state index in [2.05, 4.69) is 15.9 Å². The van der Waals surface area contributed by atoms with Crippen molar-refractivity contribution in [2.45, 2.75) is 19.4 Å². The molecule has 0 bridgehead atoms. The van der Waals surface area contributed by atoms with E-state index in [1.165, 1.54) is 5.56 Å². The lowest BCUT2D eigenvalue weighted by molar-refractivity contribution is -0.133. The minimum Gasteiger partial charge on any atom is -0.493 e. The molecule has 2 aromatic carbocycles. The van der Waals surface area contributed by atoms with E-state index in [9.17, 15) is 4.79 Å². The first-order valence-electron chi connectivity index (χ1n) is 11.1. The Morgan fingerprint density at radius 2 is 1.69 bits per heavy atom. The summed E-state index contributed by atoms with van der Waals surface area (Å²) in [4.78, 5) is 19.6. The molecular formula is C25H30N4O3. The molecule has 0 atom stereocenters. The zero-order valence-corrected chi connectivity index (χ0v) is 18.8. The summed E-state index contributed by atoms with van der Waals surface area (Å²) in [6, 6.07) is 13.9. The molecule has 1 amide bonds. The van der Waals surface area contributed by atoms with Gasteiger partial charge >= 0.3 is 0 Å². The minimum atomic E-state index is 0.178. The van der Waals surface area contributed by atoms with Crippen molar-refractivity contribution in [3.05, 3.63) is 53.1 Å². The van der Waals surface area contributed by atoms with Crippen LogP contribution < -0.4 is 14.4 Å². The summed E-state index contributed by atoms with van der Waals surface area (Å²) in [5.74, 6) is 1.62. The van der Waals surface area contributed by atoms with Gasteiger partial charge in [0.25, 0.3) is 0 Å². The molecule has 7 heteroatoms. The molecule has 0 unspecified atom stereocenters. The van der Waals surface area contributed by atoms with E-state index in [1.807, 2.05) is 41.3 Å². The quantitative estimate of drug-likeness (QED) is 0.721. The Bertz CT molecular complexity index is 999. The SMILES string of the molecule is COc1cc2c(cc1OC)CN(C(=O)CN1CCCN(c3ccc(C#N)cc3)CC1)CC2. The molecule has 2 aliphatic heterocycles. The molecule has 0 radical (unpaired) electrons. The number of carbonyl (C=O) groups excluding carboxylic acids is 1. The first kappa shape index (κ1) is 22.0. The Kier molecular flexibility index (Phi) is 6.81. The van der Waals surface area contributed by atoms with Gasteiger partial charge in [0.05, 0.1) is 32.4 Å². The van der Waals surface area contributed by atoms with Gasteiger partial charge in [0.2, 0.25) is 5.91 Å². The Morgan fingerprint density at radius 3 is 2.38 bits per heavy atom. The molecule has 0 spiro atoms. The molecule has 7 nitrogen and oxygen atoms in total. The van der Waals surface area contributed by atoms with Gasteiger partial charge in [0.15, 0.2) is 11.5 Å². The number of ether oxygens (including phenoxy) is 2. The lowest BCUT2D eigenvalue weighted by atomic mass is 9.98. The van der Waals surface area contributed by atoms with Crippen LogP contribution in [0.25, 0.3) is 0 Å². The van der Waals surface area contributed by atoms with Crippen LogP contribution in [0.4, 0.5) is 5.69 Å². The van der Waals surface area contributed by atoms with Crippen molar-refractivity contribution in [3.63, 3.8) is 0 Å². The highest BCUT2D eigenvalue weighted by Crippen LogP contribution is 2.33. The standard InChI is InChI=1S/C25H30N4O3/c1-31-23-14-20-8-11-29(17-21(20)15-24(23)32-2)25(30)18-27-9-3-10-28(13-12-27)22-6-4-19(16-26)5-7-22/h4-7,14-15H,3,8-13,17-18H2,1-2H3. The van der Waals surface area contributed by atoms with Crippen LogP contribution in [-0.4, -0.2) is 69.2 Å². The van der Waals surface area contributed by atoms with Gasteiger partial charge in [0, 0.05) is 45.0 Å². The summed E-state index contributed by atoms with van der Waals surface area (Å²) in [7, 11) is 3.28. The molecule has 0 aromatic heterocycles. The van der Waals surface area contributed by atoms with Gasteiger partial charge in [-0.25, -0.2) is 0 Å². The van der Waals surface area contributed by atoms with Crippen molar-refractivity contribution in [1.29, 1.82) is 5.26 Å². The van der Waals surface area contributed by atoms with E-state index in [1.54, 1.807) is 14.2 Å². The topological polar surface area (TPSA) is 69.0 Å². The number of fused-ring (bicyclic) bond motifs is 1. The number of benzene rings is 2. The molecule has 2 aliphatic rings. The van der Waals surface area contributed by atoms with Gasteiger partial charge in [-0.3, -0.25) is 9.69 Å². The minimum absolute atomic E-state index is 0.178. The summed E-state index contributed by atoms with van der Waals surface area (Å²) in [5, 5.41) is 9.00. The van der Waals surface area contributed by atoms with Crippen LogP contribution >= 0.6 is 0 Å². The van der Waals surface area contributed by atoms with Crippen LogP contribution in [0.15, 0.2) is 36.4 Å². The highest BCUT2D eigenvalue weighted by Gasteiger charge is 2.25. The number of nitrogens with zero attached hydrogens (tertiary/aromatic N) is 4. The third-order valence-electron chi connectivity index (χ3n) is 6.38. The fourth-order valence-electron chi connectivity index (χ4n) is 4.52. The van der Waals surface area contributed by atoms with Gasteiger partial charge < -0.3 is 19.3 Å². The predicted octanol–water partition coefficient (Wildman–Crippen LogP) is 2.67. The molecule has 0 N–H and O–H groups in total. The number of amides is 1. The largest absolute Gasteiger partial charge is 0.493 e. The molecule has 0 aliphatic carbocycles. The lowest BCUT2D eigenvalue weighted by Gasteiger charge is -2.31. The van der Waals surface area contributed by atoms with Crippen molar-refractivity contribution in [2.75, 3.05) is 58.4 Å². The highest BCUT2D eigenvalue weighted by molar-refractivity contribution is 5.78. The van der Waals surface area contributed by atoms with E-state index in [4.69, 9.17) is 14.7 Å². The van der Waals surface area contributed by atoms with Gasteiger partial charge in [-0.1, -0.05) is 0 Å². The molecular weight excluding hydrogens is 404 g/mol. The first-order chi connectivity index (χ1) is 15.6. The Hall–Kier alpha value is -3.24. The third kappa shape index (κ3) is 4.81. The Labute approximate surface area is 189 Å². The molecule has 1 fully saturated rings. The maximum absolute atomic E-state index is 13.1. The van der Waals surface area contributed by atoms with E-state index < -0.39 is 0 Å². The van der Waals surface area contributed by atoms with Crippen LogP contribution in [-0.2, 0) is 17.8 Å². The van der Waals surface area contributed by atoms with Crippen LogP contribution in [0.2, 0.25) is 0 Å². The second-order valence-corrected chi connectivity index (χ2v) is 8.32. The maximum Gasteiger partial charge on any atom is 0.237 e. The number of methoxy groups -OCH3 is 2. The molecule has 32 heavy (non-hydrogen) atoms. The van der Waals surface area contributed by atoms with Crippen LogP contribution in [0, 0.1) is 11.3 Å². The molecule has 168 valence electrons. The summed E-state index contributed by atoms with van der Waals surface area (Å²) >= 11 is 0. The van der Waals surface area contributed by atoms with Crippen molar-refractivity contribution in [2.24, 2.45) is 0 Å². The Balaban J connectivity index is 1.35. The second kappa shape index (κ2) is 9.92. The Morgan fingerprint density at radius 1 is 0.969 bits per heavy atom. The predicted molar refractivity (Wildman–Crippen MR) is 123 cm³/mol. The van der Waals surface area contributed by atoms with Crippen molar-refractivity contribution in [3.8, 4) is 17.6 Å².